The number of carbonyl (C=O) groups excluding carboxylic acids is 1. The molecule has 0 aliphatic rings. The van der Waals surface area contributed by atoms with Crippen LogP contribution in [0.15, 0.2) is 55.1 Å². The van der Waals surface area contributed by atoms with Gasteiger partial charge in [-0.3, -0.25) is 4.79 Å². The molecule has 0 aliphatic heterocycles. The molecule has 0 radical (unpaired) electrons. The molecular weight excluding hydrogens is 340 g/mol. The molecule has 0 saturated heterocycles. The predicted molar refractivity (Wildman–Crippen MR) is 109 cm³/mol. The summed E-state index contributed by atoms with van der Waals surface area (Å²) >= 11 is 0. The van der Waals surface area contributed by atoms with Crippen LogP contribution in [0, 0.1) is 0 Å². The number of aromatic hydroxyl groups is 2. The highest BCUT2D eigenvalue weighted by molar-refractivity contribution is 6.07. The molecular formula is C23H26O4. The molecule has 27 heavy (non-hydrogen) atoms. The molecule has 142 valence electrons. The lowest BCUT2D eigenvalue weighted by molar-refractivity contribution is 0.104. The SMILES string of the molecule is C=CC(C)(C)c1cc(C=CC(=O)c2ccc(O)cc2)c(OC(C)C)cc1O. The van der Waals surface area contributed by atoms with Crippen LogP contribution in [0.25, 0.3) is 6.08 Å². The summed E-state index contributed by atoms with van der Waals surface area (Å²) in [7, 11) is 0. The first-order chi connectivity index (χ1) is 12.6. The second-order valence-corrected chi connectivity index (χ2v) is 7.24. The Bertz CT molecular complexity index is 859. The molecule has 0 aliphatic carbocycles. The summed E-state index contributed by atoms with van der Waals surface area (Å²) in [6.07, 6.45) is 4.81. The third-order valence-corrected chi connectivity index (χ3v) is 4.26. The van der Waals surface area contributed by atoms with E-state index in [1.165, 1.54) is 18.2 Å². The minimum atomic E-state index is -0.440. The van der Waals surface area contributed by atoms with E-state index in [0.717, 1.165) is 0 Å². The van der Waals surface area contributed by atoms with Crippen molar-refractivity contribution in [3.63, 3.8) is 0 Å². The Balaban J connectivity index is 2.45. The van der Waals surface area contributed by atoms with Gasteiger partial charge >= 0.3 is 0 Å². The number of ether oxygens (including phenoxy) is 1. The number of benzene rings is 2. The summed E-state index contributed by atoms with van der Waals surface area (Å²) in [5, 5.41) is 19.8. The van der Waals surface area contributed by atoms with Crippen molar-refractivity contribution in [1.82, 2.24) is 0 Å². The Morgan fingerprint density at radius 2 is 1.78 bits per heavy atom. The number of allylic oxidation sites excluding steroid dienone is 2. The largest absolute Gasteiger partial charge is 0.508 e. The normalized spacial score (nSPS) is 11.7. The maximum absolute atomic E-state index is 12.4. The predicted octanol–water partition coefficient (Wildman–Crippen LogP) is 5.24. The van der Waals surface area contributed by atoms with E-state index in [9.17, 15) is 15.0 Å². The number of phenolic OH excluding ortho intramolecular Hbond substituents is 2. The molecule has 2 rings (SSSR count). The fourth-order valence-corrected chi connectivity index (χ4v) is 2.59. The molecule has 0 spiro atoms. The highest BCUT2D eigenvalue weighted by Crippen LogP contribution is 2.37. The van der Waals surface area contributed by atoms with Crippen LogP contribution >= 0.6 is 0 Å². The number of hydrogen-bond acceptors (Lipinski definition) is 4. The van der Waals surface area contributed by atoms with Crippen LogP contribution in [-0.4, -0.2) is 22.1 Å². The third kappa shape index (κ3) is 5.00. The lowest BCUT2D eigenvalue weighted by Crippen LogP contribution is -2.14. The molecule has 4 heteroatoms. The number of carbonyl (C=O) groups is 1. The second-order valence-electron chi connectivity index (χ2n) is 7.24. The molecule has 0 heterocycles. The lowest BCUT2D eigenvalue weighted by Gasteiger charge is -2.24. The van der Waals surface area contributed by atoms with Crippen molar-refractivity contribution in [3.05, 3.63) is 71.8 Å². The molecule has 4 nitrogen and oxygen atoms in total. The fraction of sp³-hybridized carbons (Fsp3) is 0.261. The zero-order valence-corrected chi connectivity index (χ0v) is 16.2. The average Bonchev–Trinajstić information content (AvgIpc) is 2.60. The van der Waals surface area contributed by atoms with Crippen molar-refractivity contribution in [2.75, 3.05) is 0 Å². The van der Waals surface area contributed by atoms with Gasteiger partial charge in [-0.05, 0) is 56.3 Å². The third-order valence-electron chi connectivity index (χ3n) is 4.26. The van der Waals surface area contributed by atoms with E-state index in [4.69, 9.17) is 4.74 Å². The highest BCUT2D eigenvalue weighted by atomic mass is 16.5. The Hall–Kier alpha value is -3.01. The van der Waals surface area contributed by atoms with Crippen LogP contribution in [0.4, 0.5) is 0 Å². The van der Waals surface area contributed by atoms with Gasteiger partial charge in [0.25, 0.3) is 0 Å². The van der Waals surface area contributed by atoms with Gasteiger partial charge in [0, 0.05) is 28.2 Å². The summed E-state index contributed by atoms with van der Waals surface area (Å²) in [4.78, 5) is 12.4. The zero-order chi connectivity index (χ0) is 20.2. The quantitative estimate of drug-likeness (QED) is 0.399. The molecule has 0 unspecified atom stereocenters. The van der Waals surface area contributed by atoms with Crippen LogP contribution in [0.1, 0.15) is 49.2 Å². The van der Waals surface area contributed by atoms with Gasteiger partial charge in [0.1, 0.15) is 17.2 Å². The van der Waals surface area contributed by atoms with Gasteiger partial charge in [-0.15, -0.1) is 6.58 Å². The smallest absolute Gasteiger partial charge is 0.185 e. The molecule has 2 aromatic rings. The molecule has 0 saturated carbocycles. The zero-order valence-electron chi connectivity index (χ0n) is 16.2. The molecule has 0 aromatic heterocycles. The summed E-state index contributed by atoms with van der Waals surface area (Å²) in [6, 6.07) is 9.47. The first-order valence-corrected chi connectivity index (χ1v) is 8.83. The van der Waals surface area contributed by atoms with Gasteiger partial charge in [0.15, 0.2) is 5.78 Å². The van der Waals surface area contributed by atoms with E-state index < -0.39 is 5.41 Å². The molecule has 0 atom stereocenters. The van der Waals surface area contributed by atoms with Crippen LogP contribution in [0.2, 0.25) is 0 Å². The first kappa shape index (κ1) is 20.3. The first-order valence-electron chi connectivity index (χ1n) is 8.83. The van der Waals surface area contributed by atoms with Crippen LogP contribution in [-0.2, 0) is 5.41 Å². The summed E-state index contributed by atoms with van der Waals surface area (Å²) < 4.78 is 5.80. The van der Waals surface area contributed by atoms with Gasteiger partial charge in [0.2, 0.25) is 0 Å². The van der Waals surface area contributed by atoms with Crippen molar-refractivity contribution in [2.45, 2.75) is 39.2 Å². The van der Waals surface area contributed by atoms with E-state index in [1.807, 2.05) is 33.8 Å². The van der Waals surface area contributed by atoms with E-state index in [2.05, 4.69) is 6.58 Å². The topological polar surface area (TPSA) is 66.8 Å². The molecule has 2 N–H and O–H groups in total. The van der Waals surface area contributed by atoms with Crippen molar-refractivity contribution in [2.24, 2.45) is 0 Å². The Morgan fingerprint density at radius 1 is 1.15 bits per heavy atom. The van der Waals surface area contributed by atoms with Gasteiger partial charge < -0.3 is 14.9 Å². The summed E-state index contributed by atoms with van der Waals surface area (Å²) in [5.41, 5.74) is 1.42. The minimum Gasteiger partial charge on any atom is -0.508 e. The van der Waals surface area contributed by atoms with E-state index in [1.54, 1.807) is 30.4 Å². The van der Waals surface area contributed by atoms with Gasteiger partial charge in [-0.25, -0.2) is 0 Å². The standard InChI is InChI=1S/C23H26O4/c1-6-23(4,5)19-13-17(22(14-21(19)26)27-15(2)3)9-12-20(25)16-7-10-18(24)11-8-16/h6-15,24,26H,1H2,2-5H3. The van der Waals surface area contributed by atoms with Crippen molar-refractivity contribution < 1.29 is 19.7 Å². The van der Waals surface area contributed by atoms with Gasteiger partial charge in [-0.2, -0.15) is 0 Å². The van der Waals surface area contributed by atoms with Crippen LogP contribution in [0.3, 0.4) is 0 Å². The molecule has 2 aromatic carbocycles. The Kier molecular flexibility index (Phi) is 6.11. The van der Waals surface area contributed by atoms with E-state index in [-0.39, 0.29) is 23.4 Å². The number of rotatable bonds is 7. The van der Waals surface area contributed by atoms with E-state index in [0.29, 0.717) is 22.4 Å². The Labute approximate surface area is 160 Å². The van der Waals surface area contributed by atoms with Crippen molar-refractivity contribution in [3.8, 4) is 17.2 Å². The summed E-state index contributed by atoms with van der Waals surface area (Å²) in [6.45, 7) is 11.5. The van der Waals surface area contributed by atoms with Crippen LogP contribution in [0.5, 0.6) is 17.2 Å². The second kappa shape index (κ2) is 8.12. The van der Waals surface area contributed by atoms with Crippen molar-refractivity contribution >= 4 is 11.9 Å². The highest BCUT2D eigenvalue weighted by Gasteiger charge is 2.22. The summed E-state index contributed by atoms with van der Waals surface area (Å²) in [5.74, 6) is 0.541. The fourth-order valence-electron chi connectivity index (χ4n) is 2.59. The number of hydrogen-bond donors (Lipinski definition) is 2. The number of ketones is 1. The number of phenols is 2. The average molecular weight is 366 g/mol. The molecule has 0 bridgehead atoms. The minimum absolute atomic E-state index is 0.0809. The lowest BCUT2D eigenvalue weighted by atomic mass is 9.83. The van der Waals surface area contributed by atoms with Crippen molar-refractivity contribution in [1.29, 1.82) is 0 Å². The molecule has 0 amide bonds. The van der Waals surface area contributed by atoms with E-state index >= 15 is 0 Å². The van der Waals surface area contributed by atoms with Crippen LogP contribution < -0.4 is 4.74 Å². The van der Waals surface area contributed by atoms with Gasteiger partial charge in [0.05, 0.1) is 6.10 Å². The van der Waals surface area contributed by atoms with Gasteiger partial charge in [-0.1, -0.05) is 19.9 Å². The Morgan fingerprint density at radius 3 is 2.33 bits per heavy atom. The monoisotopic (exact) mass is 366 g/mol. The maximum atomic E-state index is 12.4. The molecule has 0 fully saturated rings. The maximum Gasteiger partial charge on any atom is 0.185 e.